The molecule has 0 radical (unpaired) electrons. The molecule has 10 nitrogen and oxygen atoms in total. The van der Waals surface area contributed by atoms with Crippen LogP contribution in [-0.4, -0.2) is 40.3 Å². The van der Waals surface area contributed by atoms with Crippen LogP contribution in [0.2, 0.25) is 0 Å². The van der Waals surface area contributed by atoms with Crippen molar-refractivity contribution in [3.8, 4) is 0 Å². The number of carbonyl (C=O) groups is 4. The van der Waals surface area contributed by atoms with Crippen molar-refractivity contribution in [1.82, 2.24) is 0 Å². The third-order valence-corrected chi connectivity index (χ3v) is 5.18. The molecule has 2 N–H and O–H groups in total. The number of nitro groups is 1. The molecule has 0 saturated heterocycles. The summed E-state index contributed by atoms with van der Waals surface area (Å²) in [6, 6.07) is 3.25. The van der Waals surface area contributed by atoms with Crippen molar-refractivity contribution in [1.29, 1.82) is 0 Å². The molecule has 2 aromatic rings. The van der Waals surface area contributed by atoms with Crippen LogP contribution < -0.4 is 5.32 Å². The van der Waals surface area contributed by atoms with E-state index in [0.29, 0.717) is 5.56 Å². The van der Waals surface area contributed by atoms with Crippen molar-refractivity contribution >= 4 is 45.7 Å². The molecule has 0 aliphatic heterocycles. The highest BCUT2D eigenvalue weighted by molar-refractivity contribution is 7.18. The number of benzene rings is 1. The quantitative estimate of drug-likeness (QED) is 0.299. The van der Waals surface area contributed by atoms with Crippen LogP contribution in [0, 0.1) is 17.0 Å². The molecule has 0 aliphatic rings. The van der Waals surface area contributed by atoms with E-state index in [1.165, 1.54) is 19.9 Å². The Kier molecular flexibility index (Phi) is 6.44. The van der Waals surface area contributed by atoms with E-state index in [1.807, 2.05) is 0 Å². The van der Waals surface area contributed by atoms with Crippen molar-refractivity contribution in [3.05, 3.63) is 55.4 Å². The van der Waals surface area contributed by atoms with Gasteiger partial charge in [0.15, 0.2) is 5.78 Å². The largest absolute Gasteiger partial charge is 0.477 e. The number of hydrogen-bond acceptors (Lipinski definition) is 8. The number of esters is 1. The van der Waals surface area contributed by atoms with Crippen LogP contribution in [0.4, 0.5) is 10.7 Å². The maximum atomic E-state index is 12.7. The van der Waals surface area contributed by atoms with Gasteiger partial charge in [-0.2, -0.15) is 0 Å². The molecule has 1 aromatic carbocycles. The second-order valence-corrected chi connectivity index (χ2v) is 6.77. The Bertz CT molecular complexity index is 1040. The van der Waals surface area contributed by atoms with Gasteiger partial charge in [-0.25, -0.2) is 9.59 Å². The number of carboxylic acid groups (broad SMARTS) is 1. The molecule has 0 saturated carbocycles. The number of nitrogens with zero attached hydrogens (tertiary/aromatic N) is 1. The van der Waals surface area contributed by atoms with Gasteiger partial charge in [0.25, 0.3) is 11.6 Å². The lowest BCUT2D eigenvalue weighted by atomic mass is 10.0. The topological polar surface area (TPSA) is 153 Å². The van der Waals surface area contributed by atoms with E-state index in [4.69, 9.17) is 4.74 Å². The number of thiophene rings is 1. The first-order valence-electron chi connectivity index (χ1n) is 8.23. The van der Waals surface area contributed by atoms with Crippen LogP contribution in [0.3, 0.4) is 0 Å². The number of nitrogens with one attached hydrogen (secondary N) is 1. The molecule has 0 bridgehead atoms. The Balaban J connectivity index is 2.57. The van der Waals surface area contributed by atoms with E-state index in [1.54, 1.807) is 6.92 Å². The first kappa shape index (κ1) is 21.7. The highest BCUT2D eigenvalue weighted by Gasteiger charge is 2.29. The zero-order valence-electron chi connectivity index (χ0n) is 15.6. The predicted molar refractivity (Wildman–Crippen MR) is 103 cm³/mol. The van der Waals surface area contributed by atoms with Crippen LogP contribution in [-0.2, 0) is 4.74 Å². The van der Waals surface area contributed by atoms with E-state index < -0.39 is 39.6 Å². The van der Waals surface area contributed by atoms with Crippen molar-refractivity contribution in [3.63, 3.8) is 0 Å². The standard InChI is InChI=1S/C18H16N2O8S/c1-4-28-18(25)12-8(2)14(9(3)21)29-16(12)19-15(22)10-6-5-7-11(20(26)27)13(10)17(23)24/h5-7H,4H2,1-3H3,(H,19,22)(H,23,24). The van der Waals surface area contributed by atoms with Crippen LogP contribution in [0.1, 0.15) is 60.2 Å². The van der Waals surface area contributed by atoms with E-state index in [0.717, 1.165) is 23.5 Å². The van der Waals surface area contributed by atoms with Crippen LogP contribution in [0.5, 0.6) is 0 Å². The summed E-state index contributed by atoms with van der Waals surface area (Å²) in [5.74, 6) is -3.73. The van der Waals surface area contributed by atoms with Crippen molar-refractivity contribution in [2.75, 3.05) is 11.9 Å². The number of aromatic carboxylic acids is 1. The summed E-state index contributed by atoms with van der Waals surface area (Å²) >= 11 is 0.833. The number of anilines is 1. The van der Waals surface area contributed by atoms with Crippen molar-refractivity contribution in [2.24, 2.45) is 0 Å². The fourth-order valence-corrected chi connectivity index (χ4v) is 3.75. The minimum Gasteiger partial charge on any atom is -0.477 e. The maximum absolute atomic E-state index is 12.7. The SMILES string of the molecule is CCOC(=O)c1c(NC(=O)c2cccc([N+](=O)[O-])c2C(=O)O)sc(C(C)=O)c1C. The van der Waals surface area contributed by atoms with Gasteiger partial charge in [-0.15, -0.1) is 11.3 Å². The van der Waals surface area contributed by atoms with Gasteiger partial charge in [0.05, 0.1) is 27.5 Å². The molecule has 11 heteroatoms. The van der Waals surface area contributed by atoms with Gasteiger partial charge >= 0.3 is 11.9 Å². The molecule has 0 unspecified atom stereocenters. The number of hydrogen-bond donors (Lipinski definition) is 2. The average Bonchev–Trinajstić information content (AvgIpc) is 2.97. The van der Waals surface area contributed by atoms with E-state index >= 15 is 0 Å². The normalized spacial score (nSPS) is 10.3. The zero-order chi connectivity index (χ0) is 21.9. The molecule has 1 heterocycles. The summed E-state index contributed by atoms with van der Waals surface area (Å²) in [6.45, 7) is 4.46. The summed E-state index contributed by atoms with van der Waals surface area (Å²) in [7, 11) is 0. The van der Waals surface area contributed by atoms with Crippen molar-refractivity contribution in [2.45, 2.75) is 20.8 Å². The Hall–Kier alpha value is -3.60. The number of ether oxygens (including phenoxy) is 1. The average molecular weight is 420 g/mol. The number of carboxylic acids is 1. The number of nitro benzene ring substituents is 1. The zero-order valence-corrected chi connectivity index (χ0v) is 16.4. The molecule has 1 aromatic heterocycles. The van der Waals surface area contributed by atoms with Crippen LogP contribution in [0.25, 0.3) is 0 Å². The Morgan fingerprint density at radius 2 is 1.90 bits per heavy atom. The first-order valence-corrected chi connectivity index (χ1v) is 9.05. The highest BCUT2D eigenvalue weighted by Crippen LogP contribution is 2.35. The smallest absolute Gasteiger partial charge is 0.343 e. The third-order valence-electron chi connectivity index (χ3n) is 3.87. The van der Waals surface area contributed by atoms with Crippen molar-refractivity contribution < 1.29 is 33.9 Å². The van der Waals surface area contributed by atoms with Gasteiger partial charge in [0, 0.05) is 6.07 Å². The summed E-state index contributed by atoms with van der Waals surface area (Å²) in [5, 5.41) is 22.8. The summed E-state index contributed by atoms with van der Waals surface area (Å²) in [5.41, 5.74) is -1.71. The fourth-order valence-electron chi connectivity index (χ4n) is 2.66. The summed E-state index contributed by atoms with van der Waals surface area (Å²) < 4.78 is 4.96. The Labute approximate surface area is 168 Å². The van der Waals surface area contributed by atoms with Gasteiger partial charge in [0.2, 0.25) is 0 Å². The van der Waals surface area contributed by atoms with Gasteiger partial charge in [-0.3, -0.25) is 19.7 Å². The van der Waals surface area contributed by atoms with E-state index in [2.05, 4.69) is 5.32 Å². The second kappa shape index (κ2) is 8.61. The molecule has 0 aliphatic carbocycles. The molecular weight excluding hydrogens is 404 g/mol. The van der Waals surface area contributed by atoms with Gasteiger partial charge in [-0.1, -0.05) is 6.07 Å². The number of amides is 1. The Morgan fingerprint density at radius 3 is 2.41 bits per heavy atom. The minimum atomic E-state index is -1.65. The molecule has 2 rings (SSSR count). The summed E-state index contributed by atoms with van der Waals surface area (Å²) in [6.07, 6.45) is 0. The molecule has 0 spiro atoms. The van der Waals surface area contributed by atoms with Crippen LogP contribution >= 0.6 is 11.3 Å². The van der Waals surface area contributed by atoms with Gasteiger partial charge < -0.3 is 15.2 Å². The Morgan fingerprint density at radius 1 is 1.24 bits per heavy atom. The molecule has 29 heavy (non-hydrogen) atoms. The lowest BCUT2D eigenvalue weighted by Crippen LogP contribution is -2.19. The molecule has 0 atom stereocenters. The fraction of sp³-hybridized carbons (Fsp3) is 0.222. The van der Waals surface area contributed by atoms with Gasteiger partial charge in [-0.05, 0) is 32.4 Å². The highest BCUT2D eigenvalue weighted by atomic mass is 32.1. The van der Waals surface area contributed by atoms with E-state index in [9.17, 15) is 34.4 Å². The molecule has 1 amide bonds. The molecule has 152 valence electrons. The first-order chi connectivity index (χ1) is 13.6. The lowest BCUT2D eigenvalue weighted by molar-refractivity contribution is -0.385. The maximum Gasteiger partial charge on any atom is 0.343 e. The second-order valence-electron chi connectivity index (χ2n) is 5.75. The lowest BCUT2D eigenvalue weighted by Gasteiger charge is -2.09. The molecule has 0 fully saturated rings. The third kappa shape index (κ3) is 4.29. The molecular formula is C18H16N2O8S. The summed E-state index contributed by atoms with van der Waals surface area (Å²) in [4.78, 5) is 58.8. The van der Waals surface area contributed by atoms with E-state index in [-0.39, 0.29) is 27.8 Å². The number of rotatable bonds is 7. The number of ketones is 1. The van der Waals surface area contributed by atoms with Crippen LogP contribution in [0.15, 0.2) is 18.2 Å². The van der Waals surface area contributed by atoms with Gasteiger partial charge in [0.1, 0.15) is 10.6 Å². The predicted octanol–water partition coefficient (Wildman–Crippen LogP) is 3.29. The monoisotopic (exact) mass is 420 g/mol. The minimum absolute atomic E-state index is 0.0148. The number of Topliss-reactive ketones (excluding diaryl/α,β-unsaturated/α-hetero) is 1. The number of carbonyl (C=O) groups excluding carboxylic acids is 3.